The molecule has 0 saturated heterocycles. The predicted molar refractivity (Wildman–Crippen MR) is 88.6 cm³/mol. The molecular weight excluding hydrogens is 262 g/mol. The minimum Gasteiger partial charge on any atom is -0.372 e. The van der Waals surface area contributed by atoms with Gasteiger partial charge in [0, 0.05) is 30.9 Å². The Balaban J connectivity index is 1.92. The number of benzene rings is 1. The summed E-state index contributed by atoms with van der Waals surface area (Å²) in [4.78, 5) is 14.4. The second kappa shape index (κ2) is 6.94. The van der Waals surface area contributed by atoms with Gasteiger partial charge in [-0.1, -0.05) is 6.42 Å². The number of nitrogens with one attached hydrogen (secondary N) is 1. The topological polar surface area (TPSA) is 58.4 Å². The van der Waals surface area contributed by atoms with Crippen LogP contribution in [-0.4, -0.2) is 25.5 Å². The zero-order valence-corrected chi connectivity index (χ0v) is 13.2. The van der Waals surface area contributed by atoms with Crippen molar-refractivity contribution >= 4 is 17.3 Å². The molecule has 3 N–H and O–H groups in total. The van der Waals surface area contributed by atoms with E-state index in [1.54, 1.807) is 0 Å². The van der Waals surface area contributed by atoms with Gasteiger partial charge >= 0.3 is 0 Å². The van der Waals surface area contributed by atoms with E-state index in [4.69, 9.17) is 5.73 Å². The third-order valence-electron chi connectivity index (χ3n) is 4.66. The quantitative estimate of drug-likeness (QED) is 0.811. The molecule has 4 nitrogen and oxygen atoms in total. The molecule has 2 rings (SSSR count). The van der Waals surface area contributed by atoms with Crippen LogP contribution in [0.25, 0.3) is 0 Å². The molecule has 1 aromatic rings. The number of hydrogen-bond donors (Lipinski definition) is 2. The van der Waals surface area contributed by atoms with Crippen LogP contribution in [0.2, 0.25) is 0 Å². The van der Waals surface area contributed by atoms with Gasteiger partial charge in [-0.05, 0) is 62.9 Å². The average Bonchev–Trinajstić information content (AvgIpc) is 2.46. The molecule has 1 fully saturated rings. The summed E-state index contributed by atoms with van der Waals surface area (Å²) in [7, 11) is 0. The number of nitrogens with two attached hydrogens (primary N) is 1. The first-order chi connectivity index (χ1) is 10.1. The van der Waals surface area contributed by atoms with Gasteiger partial charge in [-0.2, -0.15) is 0 Å². The van der Waals surface area contributed by atoms with E-state index in [9.17, 15) is 4.79 Å². The van der Waals surface area contributed by atoms with E-state index in [1.807, 2.05) is 12.1 Å². The maximum Gasteiger partial charge on any atom is 0.224 e. The van der Waals surface area contributed by atoms with Crippen molar-refractivity contribution in [2.24, 2.45) is 11.1 Å². The van der Waals surface area contributed by atoms with E-state index in [0.29, 0.717) is 13.0 Å². The second-order valence-corrected chi connectivity index (χ2v) is 6.00. The Bertz CT molecular complexity index is 456. The molecule has 21 heavy (non-hydrogen) atoms. The molecule has 1 amide bonds. The van der Waals surface area contributed by atoms with Crippen LogP contribution in [0.15, 0.2) is 24.3 Å². The molecule has 116 valence electrons. The molecule has 0 aromatic heterocycles. The number of rotatable bonds is 7. The van der Waals surface area contributed by atoms with Crippen molar-refractivity contribution in [1.29, 1.82) is 0 Å². The Kier molecular flexibility index (Phi) is 5.23. The molecule has 0 spiro atoms. The van der Waals surface area contributed by atoms with Gasteiger partial charge < -0.3 is 16.0 Å². The molecule has 1 aliphatic carbocycles. The van der Waals surface area contributed by atoms with Crippen molar-refractivity contribution in [3.63, 3.8) is 0 Å². The van der Waals surface area contributed by atoms with Crippen LogP contribution >= 0.6 is 0 Å². The van der Waals surface area contributed by atoms with Crippen molar-refractivity contribution < 1.29 is 4.79 Å². The highest BCUT2D eigenvalue weighted by atomic mass is 16.1. The Morgan fingerprint density at radius 1 is 1.24 bits per heavy atom. The maximum atomic E-state index is 12.1. The lowest BCUT2D eigenvalue weighted by Crippen LogP contribution is -2.40. The fourth-order valence-corrected chi connectivity index (χ4v) is 3.02. The maximum absolute atomic E-state index is 12.1. The van der Waals surface area contributed by atoms with Crippen molar-refractivity contribution in [3.05, 3.63) is 24.3 Å². The van der Waals surface area contributed by atoms with Crippen LogP contribution in [0.5, 0.6) is 0 Å². The van der Waals surface area contributed by atoms with Crippen molar-refractivity contribution in [1.82, 2.24) is 0 Å². The zero-order chi connectivity index (χ0) is 15.3. The van der Waals surface area contributed by atoms with Gasteiger partial charge in [-0.25, -0.2) is 0 Å². The Labute approximate surface area is 127 Å². The van der Waals surface area contributed by atoms with Crippen molar-refractivity contribution in [3.8, 4) is 0 Å². The first-order valence-electron chi connectivity index (χ1n) is 7.97. The second-order valence-electron chi connectivity index (χ2n) is 6.00. The van der Waals surface area contributed by atoms with Gasteiger partial charge in [-0.3, -0.25) is 4.79 Å². The van der Waals surface area contributed by atoms with Crippen molar-refractivity contribution in [2.45, 2.75) is 39.5 Å². The monoisotopic (exact) mass is 289 g/mol. The third-order valence-corrected chi connectivity index (χ3v) is 4.66. The van der Waals surface area contributed by atoms with Crippen LogP contribution < -0.4 is 16.0 Å². The minimum absolute atomic E-state index is 0.0608. The summed E-state index contributed by atoms with van der Waals surface area (Å²) in [6, 6.07) is 8.07. The molecule has 4 heteroatoms. The molecule has 1 aliphatic rings. The van der Waals surface area contributed by atoms with E-state index >= 15 is 0 Å². The van der Waals surface area contributed by atoms with Gasteiger partial charge in [0.05, 0.1) is 0 Å². The Morgan fingerprint density at radius 2 is 1.86 bits per heavy atom. The number of hydrogen-bond acceptors (Lipinski definition) is 3. The highest BCUT2D eigenvalue weighted by Crippen LogP contribution is 2.43. The lowest BCUT2D eigenvalue weighted by atomic mass is 9.66. The fraction of sp³-hybridized carbons (Fsp3) is 0.588. The number of nitrogens with zero attached hydrogens (tertiary/aromatic N) is 1. The zero-order valence-electron chi connectivity index (χ0n) is 13.2. The van der Waals surface area contributed by atoms with E-state index < -0.39 is 0 Å². The summed E-state index contributed by atoms with van der Waals surface area (Å²) in [5, 5.41) is 2.99. The summed E-state index contributed by atoms with van der Waals surface area (Å²) in [5.74, 6) is 0.0794. The SMILES string of the molecule is CCN(CC)c1ccc(NC(=O)CC2(CN)CCC2)cc1. The normalized spacial score (nSPS) is 16.1. The first-order valence-corrected chi connectivity index (χ1v) is 7.97. The number of amides is 1. The van der Waals surface area contributed by atoms with E-state index in [-0.39, 0.29) is 11.3 Å². The molecule has 1 aromatic carbocycles. The van der Waals surface area contributed by atoms with Crippen molar-refractivity contribution in [2.75, 3.05) is 29.9 Å². The Hall–Kier alpha value is -1.55. The molecule has 1 saturated carbocycles. The summed E-state index contributed by atoms with van der Waals surface area (Å²) in [5.41, 5.74) is 7.92. The third kappa shape index (κ3) is 3.76. The fourth-order valence-electron chi connectivity index (χ4n) is 3.02. The lowest BCUT2D eigenvalue weighted by molar-refractivity contribution is -0.119. The molecule has 0 aliphatic heterocycles. The molecule has 0 atom stereocenters. The molecule has 0 radical (unpaired) electrons. The van der Waals surface area contributed by atoms with Gasteiger partial charge in [0.15, 0.2) is 0 Å². The standard InChI is InChI=1S/C17H27N3O/c1-3-20(4-2)15-8-6-14(7-9-15)19-16(21)12-17(13-18)10-5-11-17/h6-9H,3-5,10-13,18H2,1-2H3,(H,19,21). The number of carbonyl (C=O) groups excluding carboxylic acids is 1. The van der Waals surface area contributed by atoms with E-state index in [1.165, 1.54) is 12.1 Å². The highest BCUT2D eigenvalue weighted by molar-refractivity contribution is 5.91. The smallest absolute Gasteiger partial charge is 0.224 e. The number of anilines is 2. The molecular formula is C17H27N3O. The van der Waals surface area contributed by atoms with Crippen LogP contribution in [0.4, 0.5) is 11.4 Å². The predicted octanol–water partition coefficient (Wildman–Crippen LogP) is 2.99. The lowest BCUT2D eigenvalue weighted by Gasteiger charge is -2.40. The molecule has 0 heterocycles. The summed E-state index contributed by atoms with van der Waals surface area (Å²) in [6.07, 6.45) is 3.90. The number of carbonyl (C=O) groups is 1. The van der Waals surface area contributed by atoms with Crippen LogP contribution in [0, 0.1) is 5.41 Å². The molecule has 0 unspecified atom stereocenters. The van der Waals surface area contributed by atoms with Crippen LogP contribution in [0.3, 0.4) is 0 Å². The van der Waals surface area contributed by atoms with Gasteiger partial charge in [0.25, 0.3) is 0 Å². The van der Waals surface area contributed by atoms with E-state index in [2.05, 4.69) is 36.2 Å². The van der Waals surface area contributed by atoms with Crippen LogP contribution in [0.1, 0.15) is 39.5 Å². The van der Waals surface area contributed by atoms with Crippen LogP contribution in [-0.2, 0) is 4.79 Å². The Morgan fingerprint density at radius 3 is 2.29 bits per heavy atom. The van der Waals surface area contributed by atoms with E-state index in [0.717, 1.165) is 31.6 Å². The highest BCUT2D eigenvalue weighted by Gasteiger charge is 2.37. The van der Waals surface area contributed by atoms with Gasteiger partial charge in [-0.15, -0.1) is 0 Å². The molecule has 0 bridgehead atoms. The minimum atomic E-state index is 0.0608. The first kappa shape index (κ1) is 15.8. The average molecular weight is 289 g/mol. The summed E-state index contributed by atoms with van der Waals surface area (Å²) >= 11 is 0. The summed E-state index contributed by atoms with van der Waals surface area (Å²) in [6.45, 7) is 6.87. The largest absolute Gasteiger partial charge is 0.372 e. The van der Waals surface area contributed by atoms with Gasteiger partial charge in [0.2, 0.25) is 5.91 Å². The summed E-state index contributed by atoms with van der Waals surface area (Å²) < 4.78 is 0. The van der Waals surface area contributed by atoms with Gasteiger partial charge in [0.1, 0.15) is 0 Å².